The van der Waals surface area contributed by atoms with Crippen molar-refractivity contribution in [2.24, 2.45) is 0 Å². The summed E-state index contributed by atoms with van der Waals surface area (Å²) in [5.74, 6) is 0.425. The molecule has 0 radical (unpaired) electrons. The highest BCUT2D eigenvalue weighted by Gasteiger charge is 2.17. The van der Waals surface area contributed by atoms with Crippen LogP contribution in [0.5, 0.6) is 5.75 Å². The second-order valence-corrected chi connectivity index (χ2v) is 7.11. The Hall–Kier alpha value is -3.13. The van der Waals surface area contributed by atoms with Gasteiger partial charge >= 0.3 is 0 Å². The minimum atomic E-state index is -0.491. The number of rotatable bonds is 8. The SMILES string of the molecule is CCn1c(Cc2ccccc2)nnc1SCC(=O)NC(=O)c1ccccc1OC. The molecule has 7 nitrogen and oxygen atoms in total. The summed E-state index contributed by atoms with van der Waals surface area (Å²) < 4.78 is 7.14. The first-order valence-corrected chi connectivity index (χ1v) is 10.2. The molecule has 2 amide bonds. The number of ether oxygens (including phenoxy) is 1. The summed E-state index contributed by atoms with van der Waals surface area (Å²) in [5.41, 5.74) is 1.46. The van der Waals surface area contributed by atoms with Gasteiger partial charge < -0.3 is 9.30 Å². The highest BCUT2D eigenvalue weighted by Crippen LogP contribution is 2.20. The summed E-state index contributed by atoms with van der Waals surface area (Å²) in [6.07, 6.45) is 0.667. The first-order chi connectivity index (χ1) is 14.1. The fourth-order valence-corrected chi connectivity index (χ4v) is 3.67. The van der Waals surface area contributed by atoms with Crippen LogP contribution < -0.4 is 10.1 Å². The first-order valence-electron chi connectivity index (χ1n) is 9.18. The van der Waals surface area contributed by atoms with Crippen molar-refractivity contribution in [2.75, 3.05) is 12.9 Å². The molecule has 0 spiro atoms. The van der Waals surface area contributed by atoms with Crippen LogP contribution in [0.3, 0.4) is 0 Å². The van der Waals surface area contributed by atoms with Crippen LogP contribution >= 0.6 is 11.8 Å². The third-order valence-electron chi connectivity index (χ3n) is 4.25. The molecule has 3 aromatic rings. The Morgan fingerprint density at radius 2 is 1.79 bits per heavy atom. The van der Waals surface area contributed by atoms with Crippen molar-refractivity contribution in [3.63, 3.8) is 0 Å². The molecule has 29 heavy (non-hydrogen) atoms. The van der Waals surface area contributed by atoms with Crippen LogP contribution in [0.1, 0.15) is 28.7 Å². The average molecular weight is 410 g/mol. The largest absolute Gasteiger partial charge is 0.496 e. The number of nitrogens with one attached hydrogen (secondary N) is 1. The number of hydrogen-bond acceptors (Lipinski definition) is 6. The van der Waals surface area contributed by atoms with Gasteiger partial charge in [-0.15, -0.1) is 10.2 Å². The molecule has 1 aromatic heterocycles. The quantitative estimate of drug-likeness (QED) is 0.575. The van der Waals surface area contributed by atoms with E-state index < -0.39 is 11.8 Å². The number of para-hydroxylation sites is 1. The monoisotopic (exact) mass is 410 g/mol. The van der Waals surface area contributed by atoms with Gasteiger partial charge in [0.25, 0.3) is 5.91 Å². The van der Waals surface area contributed by atoms with Crippen LogP contribution in [0.15, 0.2) is 59.8 Å². The van der Waals surface area contributed by atoms with Crippen molar-refractivity contribution >= 4 is 23.6 Å². The van der Waals surface area contributed by atoms with Gasteiger partial charge in [0.2, 0.25) is 5.91 Å². The number of imide groups is 1. The summed E-state index contributed by atoms with van der Waals surface area (Å²) in [6.45, 7) is 2.70. The molecule has 8 heteroatoms. The van der Waals surface area contributed by atoms with Crippen molar-refractivity contribution in [1.82, 2.24) is 20.1 Å². The Labute approximate surface area is 173 Å². The predicted molar refractivity (Wildman–Crippen MR) is 111 cm³/mol. The molecule has 2 aromatic carbocycles. The van der Waals surface area contributed by atoms with Crippen LogP contribution in [0, 0.1) is 0 Å². The smallest absolute Gasteiger partial charge is 0.261 e. The van der Waals surface area contributed by atoms with Gasteiger partial charge in [-0.2, -0.15) is 0 Å². The van der Waals surface area contributed by atoms with Gasteiger partial charge in [0.15, 0.2) is 5.16 Å². The van der Waals surface area contributed by atoms with Gasteiger partial charge in [0.05, 0.1) is 18.4 Å². The predicted octanol–water partition coefficient (Wildman–Crippen LogP) is 2.95. The molecule has 0 saturated carbocycles. The standard InChI is InChI=1S/C21H22N4O3S/c1-3-25-18(13-15-9-5-4-6-10-15)23-24-21(25)29-14-19(26)22-20(27)16-11-7-8-12-17(16)28-2/h4-12H,3,13-14H2,1-2H3,(H,22,26,27). The molecular formula is C21H22N4O3S. The van der Waals surface area contributed by atoms with Gasteiger partial charge in [0.1, 0.15) is 11.6 Å². The van der Waals surface area contributed by atoms with Crippen LogP contribution in [0.4, 0.5) is 0 Å². The van der Waals surface area contributed by atoms with Crippen LogP contribution in [-0.2, 0) is 17.8 Å². The zero-order chi connectivity index (χ0) is 20.6. The zero-order valence-corrected chi connectivity index (χ0v) is 17.1. The van der Waals surface area contributed by atoms with E-state index in [0.717, 1.165) is 11.4 Å². The molecular weight excluding hydrogens is 388 g/mol. The van der Waals surface area contributed by atoms with Crippen molar-refractivity contribution in [3.8, 4) is 5.75 Å². The lowest BCUT2D eigenvalue weighted by molar-refractivity contribution is -0.117. The van der Waals surface area contributed by atoms with Crippen LogP contribution in [0.2, 0.25) is 0 Å². The summed E-state index contributed by atoms with van der Waals surface area (Å²) in [6, 6.07) is 16.8. The number of carbonyl (C=O) groups is 2. The summed E-state index contributed by atoms with van der Waals surface area (Å²) >= 11 is 1.25. The fraction of sp³-hybridized carbons (Fsp3) is 0.238. The maximum absolute atomic E-state index is 12.3. The van der Waals surface area contributed by atoms with Crippen molar-refractivity contribution in [3.05, 3.63) is 71.5 Å². The topological polar surface area (TPSA) is 86.1 Å². The molecule has 3 rings (SSSR count). The van der Waals surface area contributed by atoms with Crippen LogP contribution in [0.25, 0.3) is 0 Å². The number of aromatic nitrogens is 3. The Morgan fingerprint density at radius 3 is 2.52 bits per heavy atom. The maximum Gasteiger partial charge on any atom is 0.261 e. The molecule has 0 bridgehead atoms. The molecule has 0 fully saturated rings. The Bertz CT molecular complexity index is 989. The lowest BCUT2D eigenvalue weighted by atomic mass is 10.1. The maximum atomic E-state index is 12.3. The van der Waals surface area contributed by atoms with Gasteiger partial charge in [-0.25, -0.2) is 0 Å². The van der Waals surface area contributed by atoms with E-state index in [1.165, 1.54) is 18.9 Å². The highest BCUT2D eigenvalue weighted by molar-refractivity contribution is 7.99. The second-order valence-electron chi connectivity index (χ2n) is 6.17. The first kappa shape index (κ1) is 20.6. The number of carbonyl (C=O) groups excluding carboxylic acids is 2. The molecule has 1 N–H and O–H groups in total. The molecule has 0 aliphatic rings. The van der Waals surface area contributed by atoms with E-state index in [2.05, 4.69) is 15.5 Å². The zero-order valence-electron chi connectivity index (χ0n) is 16.3. The second kappa shape index (κ2) is 9.88. The number of hydrogen-bond donors (Lipinski definition) is 1. The van der Waals surface area contributed by atoms with Crippen LogP contribution in [-0.4, -0.2) is 39.4 Å². The Kier molecular flexibility index (Phi) is 7.02. The summed E-state index contributed by atoms with van der Waals surface area (Å²) in [7, 11) is 1.48. The van der Waals surface area contributed by atoms with E-state index in [1.807, 2.05) is 41.8 Å². The van der Waals surface area contributed by atoms with Gasteiger partial charge in [-0.3, -0.25) is 14.9 Å². The molecule has 0 unspecified atom stereocenters. The Balaban J connectivity index is 1.61. The third kappa shape index (κ3) is 5.23. The summed E-state index contributed by atoms with van der Waals surface area (Å²) in [4.78, 5) is 24.6. The minimum Gasteiger partial charge on any atom is -0.496 e. The average Bonchev–Trinajstić information content (AvgIpc) is 3.14. The van der Waals surface area contributed by atoms with E-state index >= 15 is 0 Å². The number of thioether (sulfide) groups is 1. The van der Waals surface area contributed by atoms with E-state index in [1.54, 1.807) is 24.3 Å². The number of methoxy groups -OCH3 is 1. The normalized spacial score (nSPS) is 10.6. The molecule has 150 valence electrons. The third-order valence-corrected chi connectivity index (χ3v) is 5.22. The molecule has 0 aliphatic heterocycles. The van der Waals surface area contributed by atoms with Gasteiger partial charge in [0, 0.05) is 13.0 Å². The molecule has 1 heterocycles. The van der Waals surface area contributed by atoms with Crippen molar-refractivity contribution in [1.29, 1.82) is 0 Å². The lowest BCUT2D eigenvalue weighted by Gasteiger charge is -2.09. The van der Waals surface area contributed by atoms with E-state index in [-0.39, 0.29) is 5.75 Å². The molecule has 0 aliphatic carbocycles. The van der Waals surface area contributed by atoms with E-state index in [4.69, 9.17) is 4.74 Å². The number of benzene rings is 2. The molecule has 0 saturated heterocycles. The fourth-order valence-electron chi connectivity index (χ4n) is 2.85. The number of amides is 2. The minimum absolute atomic E-state index is 0.0599. The number of nitrogens with zero attached hydrogens (tertiary/aromatic N) is 3. The van der Waals surface area contributed by atoms with Crippen molar-refractivity contribution < 1.29 is 14.3 Å². The summed E-state index contributed by atoms with van der Waals surface area (Å²) in [5, 5.41) is 11.5. The van der Waals surface area contributed by atoms with Gasteiger partial charge in [-0.1, -0.05) is 54.2 Å². The highest BCUT2D eigenvalue weighted by atomic mass is 32.2. The van der Waals surface area contributed by atoms with E-state index in [0.29, 0.717) is 29.4 Å². The lowest BCUT2D eigenvalue weighted by Crippen LogP contribution is -2.32. The Morgan fingerprint density at radius 1 is 1.07 bits per heavy atom. The van der Waals surface area contributed by atoms with Gasteiger partial charge in [-0.05, 0) is 24.6 Å². The van der Waals surface area contributed by atoms with E-state index in [9.17, 15) is 9.59 Å². The van der Waals surface area contributed by atoms with Crippen molar-refractivity contribution in [2.45, 2.75) is 25.0 Å². The molecule has 0 atom stereocenters.